The van der Waals surface area contributed by atoms with Gasteiger partial charge in [-0.1, -0.05) is 19.9 Å². The first-order chi connectivity index (χ1) is 8.97. The van der Waals surface area contributed by atoms with E-state index in [1.165, 1.54) is 12.5 Å². The lowest BCUT2D eigenvalue weighted by Gasteiger charge is -2.30. The average molecular weight is 280 g/mol. The number of benzene rings is 1. The molecule has 1 saturated carbocycles. The van der Waals surface area contributed by atoms with Crippen molar-refractivity contribution >= 4 is 16.8 Å². The molecule has 0 spiro atoms. The summed E-state index contributed by atoms with van der Waals surface area (Å²) < 4.78 is 12.6. The van der Waals surface area contributed by atoms with Crippen molar-refractivity contribution in [3.05, 3.63) is 29.8 Å². The molecule has 19 heavy (non-hydrogen) atoms. The highest BCUT2D eigenvalue weighted by Gasteiger charge is 2.28. The molecule has 1 aromatic rings. The maximum atomic E-state index is 12.6. The van der Waals surface area contributed by atoms with Crippen molar-refractivity contribution in [3.8, 4) is 0 Å². The van der Waals surface area contributed by atoms with Gasteiger partial charge < -0.3 is 5.11 Å². The summed E-state index contributed by atoms with van der Waals surface area (Å²) >= 11 is 0. The second-order valence-electron chi connectivity index (χ2n) is 5.67. The summed E-state index contributed by atoms with van der Waals surface area (Å²) in [5.41, 5.74) is 0.211. The van der Waals surface area contributed by atoms with Gasteiger partial charge in [0, 0.05) is 10.1 Å². The normalized spacial score (nSPS) is 28.8. The Hall–Kier alpha value is -1.16. The molecular formula is C15H20O3S. The van der Waals surface area contributed by atoms with E-state index in [1.807, 2.05) is 0 Å². The lowest BCUT2D eigenvalue weighted by atomic mass is 9.83. The summed E-state index contributed by atoms with van der Waals surface area (Å²) in [5.74, 6) is 0.227. The van der Waals surface area contributed by atoms with E-state index in [1.54, 1.807) is 18.2 Å². The SMILES string of the molecule is CC1CC(C)CC(S(=O)c2cccc(C(=O)O)c2)C1. The molecule has 0 aliphatic heterocycles. The van der Waals surface area contributed by atoms with Gasteiger partial charge in [-0.15, -0.1) is 0 Å². The molecule has 1 fully saturated rings. The molecule has 0 radical (unpaired) electrons. The highest BCUT2D eigenvalue weighted by Crippen LogP contribution is 2.33. The van der Waals surface area contributed by atoms with Gasteiger partial charge in [-0.25, -0.2) is 4.79 Å². The van der Waals surface area contributed by atoms with Gasteiger partial charge in [-0.3, -0.25) is 4.21 Å². The van der Waals surface area contributed by atoms with Crippen molar-refractivity contribution in [2.75, 3.05) is 0 Å². The highest BCUT2D eigenvalue weighted by molar-refractivity contribution is 7.85. The quantitative estimate of drug-likeness (QED) is 0.924. The van der Waals surface area contributed by atoms with E-state index in [9.17, 15) is 9.00 Å². The third kappa shape index (κ3) is 3.44. The van der Waals surface area contributed by atoms with Crippen LogP contribution in [0.1, 0.15) is 43.5 Å². The third-order valence-electron chi connectivity index (χ3n) is 3.75. The zero-order chi connectivity index (χ0) is 14.0. The van der Waals surface area contributed by atoms with Crippen LogP contribution < -0.4 is 0 Å². The Morgan fingerprint density at radius 2 is 1.84 bits per heavy atom. The number of carboxylic acids is 1. The summed E-state index contributed by atoms with van der Waals surface area (Å²) in [6.45, 7) is 4.40. The molecule has 4 heteroatoms. The number of carbonyl (C=O) groups is 1. The van der Waals surface area contributed by atoms with Gasteiger partial charge in [-0.05, 0) is 49.3 Å². The zero-order valence-corrected chi connectivity index (χ0v) is 12.2. The summed E-state index contributed by atoms with van der Waals surface area (Å²) in [4.78, 5) is 11.6. The smallest absolute Gasteiger partial charge is 0.335 e. The van der Waals surface area contributed by atoms with Crippen LogP contribution in [0.3, 0.4) is 0 Å². The Bertz CT molecular complexity index is 488. The fraction of sp³-hybridized carbons (Fsp3) is 0.533. The molecule has 3 atom stereocenters. The molecule has 104 valence electrons. The van der Waals surface area contributed by atoms with Crippen LogP contribution in [-0.2, 0) is 10.8 Å². The molecule has 0 heterocycles. The number of rotatable bonds is 3. The maximum Gasteiger partial charge on any atom is 0.335 e. The molecule has 2 rings (SSSR count). The molecule has 1 aromatic carbocycles. The van der Waals surface area contributed by atoms with Crippen molar-refractivity contribution in [3.63, 3.8) is 0 Å². The number of hydrogen-bond donors (Lipinski definition) is 1. The molecule has 0 amide bonds. The summed E-state index contributed by atoms with van der Waals surface area (Å²) in [6, 6.07) is 6.52. The molecule has 1 aliphatic carbocycles. The molecule has 3 unspecified atom stereocenters. The standard InChI is InChI=1S/C15H20O3S/c1-10-6-11(2)8-14(7-10)19(18)13-5-3-4-12(9-13)15(16)17/h3-5,9-11,14H,6-8H2,1-2H3,(H,16,17). The molecular weight excluding hydrogens is 260 g/mol. The van der Waals surface area contributed by atoms with E-state index in [2.05, 4.69) is 13.8 Å². The maximum absolute atomic E-state index is 12.6. The van der Waals surface area contributed by atoms with Crippen LogP contribution in [0.4, 0.5) is 0 Å². The van der Waals surface area contributed by atoms with Crippen LogP contribution in [0.5, 0.6) is 0 Å². The van der Waals surface area contributed by atoms with E-state index >= 15 is 0 Å². The van der Waals surface area contributed by atoms with Gasteiger partial charge in [0.1, 0.15) is 0 Å². The molecule has 0 saturated heterocycles. The monoisotopic (exact) mass is 280 g/mol. The number of aromatic carboxylic acids is 1. The number of carboxylic acid groups (broad SMARTS) is 1. The van der Waals surface area contributed by atoms with Gasteiger partial charge >= 0.3 is 5.97 Å². The lowest BCUT2D eigenvalue weighted by Crippen LogP contribution is -2.27. The molecule has 0 bridgehead atoms. The van der Waals surface area contributed by atoms with Crippen LogP contribution in [0.2, 0.25) is 0 Å². The third-order valence-corrected chi connectivity index (χ3v) is 5.46. The Balaban J connectivity index is 2.19. The Kier molecular flexibility index (Phi) is 4.40. The first-order valence-corrected chi connectivity index (χ1v) is 7.92. The molecule has 1 N–H and O–H groups in total. The van der Waals surface area contributed by atoms with Gasteiger partial charge in [0.25, 0.3) is 0 Å². The zero-order valence-electron chi connectivity index (χ0n) is 11.3. The Morgan fingerprint density at radius 3 is 2.42 bits per heavy atom. The topological polar surface area (TPSA) is 54.4 Å². The van der Waals surface area contributed by atoms with Crippen molar-refractivity contribution in [1.29, 1.82) is 0 Å². The number of hydrogen-bond acceptors (Lipinski definition) is 2. The fourth-order valence-corrected chi connectivity index (χ4v) is 4.84. The lowest BCUT2D eigenvalue weighted by molar-refractivity contribution is 0.0696. The van der Waals surface area contributed by atoms with E-state index < -0.39 is 16.8 Å². The summed E-state index contributed by atoms with van der Waals surface area (Å²) in [6.07, 6.45) is 3.13. The minimum atomic E-state index is -1.10. The van der Waals surface area contributed by atoms with E-state index in [0.29, 0.717) is 16.7 Å². The van der Waals surface area contributed by atoms with Crippen molar-refractivity contribution in [1.82, 2.24) is 0 Å². The van der Waals surface area contributed by atoms with E-state index in [4.69, 9.17) is 5.11 Å². The van der Waals surface area contributed by atoms with Gasteiger partial charge in [0.15, 0.2) is 0 Å². The summed E-state index contributed by atoms with van der Waals surface area (Å²) in [7, 11) is -1.10. The van der Waals surface area contributed by atoms with E-state index in [-0.39, 0.29) is 10.8 Å². The minimum absolute atomic E-state index is 0.155. The van der Waals surface area contributed by atoms with Crippen LogP contribution in [0.15, 0.2) is 29.2 Å². The minimum Gasteiger partial charge on any atom is -0.478 e. The Morgan fingerprint density at radius 1 is 1.21 bits per heavy atom. The van der Waals surface area contributed by atoms with Crippen molar-refractivity contribution < 1.29 is 14.1 Å². The second-order valence-corrected chi connectivity index (χ2v) is 7.40. The van der Waals surface area contributed by atoms with Gasteiger partial charge in [0.2, 0.25) is 0 Å². The van der Waals surface area contributed by atoms with Crippen LogP contribution >= 0.6 is 0 Å². The van der Waals surface area contributed by atoms with Gasteiger partial charge in [-0.2, -0.15) is 0 Å². The first-order valence-electron chi connectivity index (χ1n) is 6.71. The first kappa shape index (κ1) is 14.3. The predicted octanol–water partition coefficient (Wildman–Crippen LogP) is 3.32. The van der Waals surface area contributed by atoms with Gasteiger partial charge in [0.05, 0.1) is 16.4 Å². The fourth-order valence-electron chi connectivity index (χ4n) is 2.99. The predicted molar refractivity (Wildman–Crippen MR) is 75.8 cm³/mol. The van der Waals surface area contributed by atoms with Crippen LogP contribution in [-0.4, -0.2) is 20.5 Å². The molecule has 0 aromatic heterocycles. The second kappa shape index (κ2) is 5.87. The Labute approximate surface area is 116 Å². The summed E-state index contributed by atoms with van der Waals surface area (Å²) in [5, 5.41) is 9.14. The average Bonchev–Trinajstić information content (AvgIpc) is 2.37. The van der Waals surface area contributed by atoms with E-state index in [0.717, 1.165) is 12.8 Å². The van der Waals surface area contributed by atoms with Crippen LogP contribution in [0.25, 0.3) is 0 Å². The highest BCUT2D eigenvalue weighted by atomic mass is 32.2. The largest absolute Gasteiger partial charge is 0.478 e. The molecule has 3 nitrogen and oxygen atoms in total. The molecule has 1 aliphatic rings. The van der Waals surface area contributed by atoms with Crippen LogP contribution in [0, 0.1) is 11.8 Å². The van der Waals surface area contributed by atoms with Crippen molar-refractivity contribution in [2.45, 2.75) is 43.3 Å². The van der Waals surface area contributed by atoms with Crippen molar-refractivity contribution in [2.24, 2.45) is 11.8 Å².